The number of carbonyl (C=O) groups excluding carboxylic acids is 2. The number of hydrogen-bond acceptors (Lipinski definition) is 3. The molecule has 7 heteroatoms. The van der Waals surface area contributed by atoms with Gasteiger partial charge in [-0.1, -0.05) is 41.4 Å². The molecule has 1 aliphatic rings. The quantitative estimate of drug-likeness (QED) is 0.849. The lowest BCUT2D eigenvalue weighted by Crippen LogP contribution is -2.38. The van der Waals surface area contributed by atoms with Crippen molar-refractivity contribution < 1.29 is 14.3 Å². The van der Waals surface area contributed by atoms with Gasteiger partial charge in [0.05, 0.1) is 13.0 Å². The van der Waals surface area contributed by atoms with E-state index in [-0.39, 0.29) is 18.5 Å². The second-order valence-electron chi connectivity index (χ2n) is 5.91. The molecule has 3 rings (SSSR count). The van der Waals surface area contributed by atoms with Crippen LogP contribution in [0.1, 0.15) is 16.8 Å². The highest BCUT2D eigenvalue weighted by Gasteiger charge is 2.18. The van der Waals surface area contributed by atoms with Crippen molar-refractivity contribution in [2.75, 3.05) is 26.4 Å². The lowest BCUT2D eigenvalue weighted by Gasteiger charge is -2.21. The summed E-state index contributed by atoms with van der Waals surface area (Å²) in [5.74, 6) is -0.210. The number of ether oxygens (including phenoxy) is 1. The Morgan fingerprint density at radius 1 is 1.12 bits per heavy atom. The van der Waals surface area contributed by atoms with Crippen molar-refractivity contribution in [1.82, 2.24) is 10.2 Å². The van der Waals surface area contributed by atoms with Crippen LogP contribution >= 0.6 is 23.2 Å². The van der Waals surface area contributed by atoms with E-state index in [1.165, 1.54) is 0 Å². The Morgan fingerprint density at radius 3 is 2.62 bits per heavy atom. The van der Waals surface area contributed by atoms with Crippen LogP contribution < -0.4 is 5.32 Å². The standard InChI is InChI=1S/C19H18Cl2N2O3/c20-15-5-6-16(17(21)11-15)13-1-3-14(4-2-13)19(25)23-9-8-22-18(24)7-10-26-12-23/h1-6,11H,7-10,12H2,(H,22,24). The van der Waals surface area contributed by atoms with Crippen molar-refractivity contribution >= 4 is 35.0 Å². The van der Waals surface area contributed by atoms with Crippen LogP contribution in [0.3, 0.4) is 0 Å². The molecule has 2 aromatic carbocycles. The molecule has 1 saturated heterocycles. The van der Waals surface area contributed by atoms with Gasteiger partial charge in [0.2, 0.25) is 5.91 Å². The average Bonchev–Trinajstić information content (AvgIpc) is 2.73. The van der Waals surface area contributed by atoms with E-state index < -0.39 is 0 Å². The third-order valence-electron chi connectivity index (χ3n) is 4.09. The molecule has 0 spiro atoms. The smallest absolute Gasteiger partial charge is 0.255 e. The Morgan fingerprint density at radius 2 is 1.88 bits per heavy atom. The Balaban J connectivity index is 1.74. The molecule has 136 valence electrons. The van der Waals surface area contributed by atoms with Crippen molar-refractivity contribution in [2.24, 2.45) is 0 Å². The summed E-state index contributed by atoms with van der Waals surface area (Å²) in [6, 6.07) is 12.5. The molecule has 0 radical (unpaired) electrons. The van der Waals surface area contributed by atoms with Gasteiger partial charge in [0.15, 0.2) is 0 Å². The van der Waals surface area contributed by atoms with Crippen LogP contribution in [-0.4, -0.2) is 43.1 Å². The largest absolute Gasteiger partial charge is 0.360 e. The number of halogens is 2. The van der Waals surface area contributed by atoms with Crippen molar-refractivity contribution in [3.05, 3.63) is 58.1 Å². The first kappa shape index (κ1) is 18.7. The molecule has 26 heavy (non-hydrogen) atoms. The molecule has 0 aliphatic carbocycles. The van der Waals surface area contributed by atoms with Gasteiger partial charge in [0.25, 0.3) is 5.91 Å². The van der Waals surface area contributed by atoms with Gasteiger partial charge in [-0.25, -0.2) is 0 Å². The first-order valence-corrected chi connectivity index (χ1v) is 8.99. The van der Waals surface area contributed by atoms with E-state index in [1.54, 1.807) is 29.2 Å². The van der Waals surface area contributed by atoms with E-state index in [1.807, 2.05) is 18.2 Å². The second-order valence-corrected chi connectivity index (χ2v) is 6.75. The van der Waals surface area contributed by atoms with Crippen LogP contribution in [0.5, 0.6) is 0 Å². The number of benzene rings is 2. The Kier molecular flexibility index (Phi) is 6.14. The van der Waals surface area contributed by atoms with Crippen LogP contribution in [0.25, 0.3) is 11.1 Å². The molecule has 1 aliphatic heterocycles. The topological polar surface area (TPSA) is 58.6 Å². The summed E-state index contributed by atoms with van der Waals surface area (Å²) in [4.78, 5) is 25.7. The van der Waals surface area contributed by atoms with Crippen LogP contribution in [0.4, 0.5) is 0 Å². The summed E-state index contributed by atoms with van der Waals surface area (Å²) in [5, 5.41) is 3.89. The van der Waals surface area contributed by atoms with E-state index in [4.69, 9.17) is 27.9 Å². The molecule has 0 saturated carbocycles. The van der Waals surface area contributed by atoms with Gasteiger partial charge in [-0.3, -0.25) is 9.59 Å². The maximum atomic E-state index is 12.7. The highest BCUT2D eigenvalue weighted by molar-refractivity contribution is 6.36. The number of amides is 2. The Labute approximate surface area is 161 Å². The van der Waals surface area contributed by atoms with Crippen molar-refractivity contribution in [3.63, 3.8) is 0 Å². The van der Waals surface area contributed by atoms with Crippen LogP contribution in [0.2, 0.25) is 10.0 Å². The van der Waals surface area contributed by atoms with E-state index in [9.17, 15) is 9.59 Å². The number of nitrogens with one attached hydrogen (secondary N) is 1. The zero-order valence-electron chi connectivity index (χ0n) is 14.0. The molecular weight excluding hydrogens is 375 g/mol. The normalized spacial score (nSPS) is 15.6. The third-order valence-corrected chi connectivity index (χ3v) is 4.63. The molecule has 1 N–H and O–H groups in total. The lowest BCUT2D eigenvalue weighted by atomic mass is 10.0. The van der Waals surface area contributed by atoms with Gasteiger partial charge in [-0.05, 0) is 29.8 Å². The molecule has 0 bridgehead atoms. The SMILES string of the molecule is O=C1CCOCN(C(=O)c2ccc(-c3ccc(Cl)cc3Cl)cc2)CCN1. The highest BCUT2D eigenvalue weighted by atomic mass is 35.5. The molecular formula is C19H18Cl2N2O3. The summed E-state index contributed by atoms with van der Waals surface area (Å²) in [5.41, 5.74) is 2.30. The molecule has 2 aromatic rings. The monoisotopic (exact) mass is 392 g/mol. The van der Waals surface area contributed by atoms with E-state index in [0.29, 0.717) is 41.7 Å². The number of nitrogens with zero attached hydrogens (tertiary/aromatic N) is 1. The van der Waals surface area contributed by atoms with Gasteiger partial charge >= 0.3 is 0 Å². The second kappa shape index (κ2) is 8.54. The van der Waals surface area contributed by atoms with Gasteiger partial charge in [0, 0.05) is 34.3 Å². The van der Waals surface area contributed by atoms with E-state index >= 15 is 0 Å². The number of hydrogen-bond donors (Lipinski definition) is 1. The summed E-state index contributed by atoms with van der Waals surface area (Å²) in [6.07, 6.45) is 0.304. The van der Waals surface area contributed by atoms with Gasteiger partial charge in [-0.15, -0.1) is 0 Å². The summed E-state index contributed by atoms with van der Waals surface area (Å²) in [7, 11) is 0. The fourth-order valence-corrected chi connectivity index (χ4v) is 3.20. The molecule has 5 nitrogen and oxygen atoms in total. The van der Waals surface area contributed by atoms with E-state index in [0.717, 1.165) is 11.1 Å². The van der Waals surface area contributed by atoms with Gasteiger partial charge < -0.3 is 15.0 Å². The summed E-state index contributed by atoms with van der Waals surface area (Å²) >= 11 is 12.2. The molecule has 1 heterocycles. The fraction of sp³-hybridized carbons (Fsp3) is 0.263. The Hall–Kier alpha value is -2.08. The first-order valence-electron chi connectivity index (χ1n) is 8.24. The van der Waals surface area contributed by atoms with Crippen LogP contribution in [0.15, 0.2) is 42.5 Å². The highest BCUT2D eigenvalue weighted by Crippen LogP contribution is 2.30. The molecule has 0 unspecified atom stereocenters. The zero-order valence-corrected chi connectivity index (χ0v) is 15.5. The predicted molar refractivity (Wildman–Crippen MR) is 101 cm³/mol. The fourth-order valence-electron chi connectivity index (χ4n) is 2.68. The zero-order chi connectivity index (χ0) is 18.5. The maximum absolute atomic E-state index is 12.7. The molecule has 0 atom stereocenters. The average molecular weight is 393 g/mol. The minimum absolute atomic E-state index is 0.0662. The van der Waals surface area contributed by atoms with Gasteiger partial charge in [0.1, 0.15) is 6.73 Å². The minimum atomic E-state index is -0.144. The van der Waals surface area contributed by atoms with Crippen molar-refractivity contribution in [2.45, 2.75) is 6.42 Å². The van der Waals surface area contributed by atoms with Crippen molar-refractivity contribution in [1.29, 1.82) is 0 Å². The Bertz CT molecular complexity index is 809. The molecule has 1 fully saturated rings. The van der Waals surface area contributed by atoms with Crippen LogP contribution in [-0.2, 0) is 9.53 Å². The third kappa shape index (κ3) is 4.55. The van der Waals surface area contributed by atoms with Gasteiger partial charge in [-0.2, -0.15) is 0 Å². The summed E-state index contributed by atoms with van der Waals surface area (Å²) < 4.78 is 5.41. The lowest BCUT2D eigenvalue weighted by molar-refractivity contribution is -0.121. The predicted octanol–water partition coefficient (Wildman–Crippen LogP) is 3.60. The molecule has 2 amide bonds. The number of rotatable bonds is 2. The van der Waals surface area contributed by atoms with Crippen LogP contribution in [0, 0.1) is 0 Å². The minimum Gasteiger partial charge on any atom is -0.360 e. The first-order chi connectivity index (χ1) is 12.5. The number of carbonyl (C=O) groups is 2. The van der Waals surface area contributed by atoms with E-state index in [2.05, 4.69) is 5.32 Å². The maximum Gasteiger partial charge on any atom is 0.255 e. The van der Waals surface area contributed by atoms with Crippen molar-refractivity contribution in [3.8, 4) is 11.1 Å². The molecule has 0 aromatic heterocycles. The summed E-state index contributed by atoms with van der Waals surface area (Å²) in [6.45, 7) is 1.27.